The molecule has 0 aromatic heterocycles. The molecule has 2 N–H and O–H groups in total. The van der Waals surface area contributed by atoms with Gasteiger partial charge in [0.1, 0.15) is 0 Å². The SMILES string of the molecule is COC(=O)/C=C/C(=O)NCCC(C)C.O=CO. The lowest BCUT2D eigenvalue weighted by Crippen LogP contribution is -2.23. The average molecular weight is 245 g/mol. The summed E-state index contributed by atoms with van der Waals surface area (Å²) in [4.78, 5) is 30.0. The van der Waals surface area contributed by atoms with E-state index in [2.05, 4.69) is 23.9 Å². The zero-order valence-corrected chi connectivity index (χ0v) is 10.3. The topological polar surface area (TPSA) is 92.7 Å². The van der Waals surface area contributed by atoms with Crippen molar-refractivity contribution in [3.05, 3.63) is 12.2 Å². The Hall–Kier alpha value is -1.85. The molecule has 98 valence electrons. The highest BCUT2D eigenvalue weighted by Crippen LogP contribution is 1.95. The Bertz CT molecular complexity index is 261. The number of carboxylic acid groups (broad SMARTS) is 1. The molecule has 0 spiro atoms. The Balaban J connectivity index is 0. The van der Waals surface area contributed by atoms with Gasteiger partial charge < -0.3 is 15.2 Å². The van der Waals surface area contributed by atoms with Crippen LogP contribution < -0.4 is 5.32 Å². The molecule has 0 saturated heterocycles. The predicted octanol–water partition coefficient (Wildman–Crippen LogP) is 0.579. The van der Waals surface area contributed by atoms with E-state index in [0.717, 1.165) is 12.5 Å². The zero-order valence-electron chi connectivity index (χ0n) is 10.3. The number of rotatable bonds is 5. The summed E-state index contributed by atoms with van der Waals surface area (Å²) in [7, 11) is 1.27. The van der Waals surface area contributed by atoms with E-state index in [1.54, 1.807) is 0 Å². The van der Waals surface area contributed by atoms with Gasteiger partial charge in [-0.1, -0.05) is 13.8 Å². The first-order chi connectivity index (χ1) is 7.97. The quantitative estimate of drug-likeness (QED) is 0.420. The van der Waals surface area contributed by atoms with Crippen LogP contribution in [0, 0.1) is 5.92 Å². The number of carbonyl (C=O) groups excluding carboxylic acids is 2. The molecule has 0 bridgehead atoms. The molecule has 1 amide bonds. The second-order valence-electron chi connectivity index (χ2n) is 3.44. The van der Waals surface area contributed by atoms with Crippen molar-refractivity contribution in [3.63, 3.8) is 0 Å². The van der Waals surface area contributed by atoms with Crippen molar-refractivity contribution in [2.75, 3.05) is 13.7 Å². The van der Waals surface area contributed by atoms with Crippen LogP contribution in [-0.2, 0) is 19.1 Å². The smallest absolute Gasteiger partial charge is 0.330 e. The molecular weight excluding hydrogens is 226 g/mol. The maximum absolute atomic E-state index is 11.0. The van der Waals surface area contributed by atoms with Gasteiger partial charge in [-0.05, 0) is 12.3 Å². The Labute approximate surface area is 101 Å². The minimum Gasteiger partial charge on any atom is -0.483 e. The fourth-order valence-electron chi connectivity index (χ4n) is 0.755. The van der Waals surface area contributed by atoms with Crippen molar-refractivity contribution in [1.82, 2.24) is 5.32 Å². The Morgan fingerprint density at radius 1 is 1.35 bits per heavy atom. The molecule has 0 atom stereocenters. The number of nitrogens with one attached hydrogen (secondary N) is 1. The van der Waals surface area contributed by atoms with E-state index >= 15 is 0 Å². The number of hydrogen-bond acceptors (Lipinski definition) is 4. The molecule has 0 heterocycles. The fourth-order valence-corrected chi connectivity index (χ4v) is 0.755. The summed E-state index contributed by atoms with van der Waals surface area (Å²) in [5.41, 5.74) is 0. The molecule has 0 aromatic carbocycles. The second kappa shape index (κ2) is 12.2. The summed E-state index contributed by atoms with van der Waals surface area (Å²) in [5, 5.41) is 9.55. The van der Waals surface area contributed by atoms with Gasteiger partial charge in [-0.15, -0.1) is 0 Å². The van der Waals surface area contributed by atoms with Gasteiger partial charge in [0.15, 0.2) is 0 Å². The lowest BCUT2D eigenvalue weighted by molar-refractivity contribution is -0.135. The monoisotopic (exact) mass is 245 g/mol. The third-order valence-corrected chi connectivity index (χ3v) is 1.59. The van der Waals surface area contributed by atoms with E-state index in [9.17, 15) is 9.59 Å². The van der Waals surface area contributed by atoms with Crippen LogP contribution in [-0.4, -0.2) is 37.1 Å². The number of esters is 1. The molecule has 0 radical (unpaired) electrons. The van der Waals surface area contributed by atoms with Crippen molar-refractivity contribution in [3.8, 4) is 0 Å². The van der Waals surface area contributed by atoms with E-state index in [1.165, 1.54) is 13.2 Å². The van der Waals surface area contributed by atoms with Crippen LogP contribution in [0.3, 0.4) is 0 Å². The van der Waals surface area contributed by atoms with E-state index in [-0.39, 0.29) is 12.4 Å². The Kier molecular flexibility index (Phi) is 12.6. The summed E-state index contributed by atoms with van der Waals surface area (Å²) in [6, 6.07) is 0. The number of carbonyl (C=O) groups is 3. The molecule has 0 fully saturated rings. The maximum atomic E-state index is 11.0. The minimum atomic E-state index is -0.524. The molecule has 17 heavy (non-hydrogen) atoms. The molecule has 6 heteroatoms. The highest BCUT2D eigenvalue weighted by molar-refractivity contribution is 5.94. The van der Waals surface area contributed by atoms with Gasteiger partial charge in [-0.2, -0.15) is 0 Å². The zero-order chi connectivity index (χ0) is 13.7. The van der Waals surface area contributed by atoms with Crippen molar-refractivity contribution in [2.24, 2.45) is 5.92 Å². The number of methoxy groups -OCH3 is 1. The van der Waals surface area contributed by atoms with E-state index in [0.29, 0.717) is 12.5 Å². The van der Waals surface area contributed by atoms with Crippen molar-refractivity contribution < 1.29 is 24.2 Å². The molecule has 0 rings (SSSR count). The van der Waals surface area contributed by atoms with E-state index < -0.39 is 5.97 Å². The van der Waals surface area contributed by atoms with E-state index in [1.807, 2.05) is 0 Å². The lowest BCUT2D eigenvalue weighted by Gasteiger charge is -2.04. The molecule has 0 aliphatic heterocycles. The molecule has 0 aromatic rings. The summed E-state index contributed by atoms with van der Waals surface area (Å²) in [6.45, 7) is 4.54. The van der Waals surface area contributed by atoms with Crippen LogP contribution in [0.1, 0.15) is 20.3 Å². The first kappa shape index (κ1) is 17.5. The van der Waals surface area contributed by atoms with E-state index in [4.69, 9.17) is 9.90 Å². The van der Waals surface area contributed by atoms with Crippen LogP contribution in [0.15, 0.2) is 12.2 Å². The summed E-state index contributed by atoms with van der Waals surface area (Å²) >= 11 is 0. The third-order valence-electron chi connectivity index (χ3n) is 1.59. The second-order valence-corrected chi connectivity index (χ2v) is 3.44. The molecule has 0 aliphatic rings. The maximum Gasteiger partial charge on any atom is 0.330 e. The average Bonchev–Trinajstić information content (AvgIpc) is 2.26. The Morgan fingerprint density at radius 2 is 1.88 bits per heavy atom. The van der Waals surface area contributed by atoms with Crippen molar-refractivity contribution in [1.29, 1.82) is 0 Å². The molecule has 0 unspecified atom stereocenters. The van der Waals surface area contributed by atoms with Crippen LogP contribution in [0.2, 0.25) is 0 Å². The van der Waals surface area contributed by atoms with Gasteiger partial charge in [0.25, 0.3) is 6.47 Å². The fraction of sp³-hybridized carbons (Fsp3) is 0.545. The standard InChI is InChI=1S/C10H17NO3.CH2O2/c1-8(2)6-7-11-9(12)4-5-10(13)14-3;2-1-3/h4-5,8H,6-7H2,1-3H3,(H,11,12);1H,(H,2,3)/b5-4+;. The van der Waals surface area contributed by atoms with Gasteiger partial charge in [0.05, 0.1) is 7.11 Å². The molecule has 0 aliphatic carbocycles. The third kappa shape index (κ3) is 16.8. The van der Waals surface area contributed by atoms with Gasteiger partial charge in [0, 0.05) is 18.7 Å². The molecule has 0 saturated carbocycles. The van der Waals surface area contributed by atoms with Gasteiger partial charge in [-0.3, -0.25) is 9.59 Å². The first-order valence-corrected chi connectivity index (χ1v) is 5.09. The van der Waals surface area contributed by atoms with Crippen LogP contribution in [0.25, 0.3) is 0 Å². The number of hydrogen-bond donors (Lipinski definition) is 2. The first-order valence-electron chi connectivity index (χ1n) is 5.09. The predicted molar refractivity (Wildman–Crippen MR) is 62.3 cm³/mol. The van der Waals surface area contributed by atoms with Crippen molar-refractivity contribution >= 4 is 18.3 Å². The highest BCUT2D eigenvalue weighted by Gasteiger charge is 1.98. The van der Waals surface area contributed by atoms with Crippen molar-refractivity contribution in [2.45, 2.75) is 20.3 Å². The molecular formula is C11H19NO5. The van der Waals surface area contributed by atoms with Gasteiger partial charge in [-0.25, -0.2) is 4.79 Å². The number of ether oxygens (including phenoxy) is 1. The van der Waals surface area contributed by atoms with Crippen LogP contribution in [0.5, 0.6) is 0 Å². The Morgan fingerprint density at radius 3 is 2.29 bits per heavy atom. The van der Waals surface area contributed by atoms with Gasteiger partial charge >= 0.3 is 5.97 Å². The summed E-state index contributed by atoms with van der Waals surface area (Å²) < 4.78 is 4.34. The van der Waals surface area contributed by atoms with Crippen LogP contribution >= 0.6 is 0 Å². The summed E-state index contributed by atoms with van der Waals surface area (Å²) in [5.74, 6) is -0.236. The largest absolute Gasteiger partial charge is 0.483 e. The molecule has 6 nitrogen and oxygen atoms in total. The summed E-state index contributed by atoms with van der Waals surface area (Å²) in [6.07, 6.45) is 3.20. The van der Waals surface area contributed by atoms with Crippen LogP contribution in [0.4, 0.5) is 0 Å². The normalized spacial score (nSPS) is 9.41. The highest BCUT2D eigenvalue weighted by atomic mass is 16.5. The number of amides is 1. The minimum absolute atomic E-state index is 0.250. The van der Waals surface area contributed by atoms with Gasteiger partial charge in [0.2, 0.25) is 5.91 Å². The lowest BCUT2D eigenvalue weighted by atomic mass is 10.1.